The Morgan fingerprint density at radius 1 is 1.21 bits per heavy atom. The van der Waals surface area contributed by atoms with E-state index in [1.807, 2.05) is 32.0 Å². The number of carbonyl (C=O) groups is 1. The fraction of sp³-hybridized carbons (Fsp3) is 0.400. The number of ether oxygens (including phenoxy) is 1. The number of aromatic nitrogens is 1. The monoisotopic (exact) mass is 403 g/mol. The van der Waals surface area contributed by atoms with Gasteiger partial charge in [0.15, 0.2) is 0 Å². The number of piperidine rings is 1. The normalized spacial score (nSPS) is 17.9. The maximum atomic E-state index is 12.5. The molecule has 1 amide bonds. The van der Waals surface area contributed by atoms with Crippen molar-refractivity contribution in [2.24, 2.45) is 5.92 Å². The Labute approximate surface area is 165 Å². The van der Waals surface area contributed by atoms with E-state index in [0.29, 0.717) is 36.7 Å². The van der Waals surface area contributed by atoms with Crippen molar-refractivity contribution in [2.45, 2.75) is 26.7 Å². The summed E-state index contributed by atoms with van der Waals surface area (Å²) >= 11 is 0. The molecule has 1 fully saturated rings. The van der Waals surface area contributed by atoms with Crippen molar-refractivity contribution in [3.05, 3.63) is 47.7 Å². The van der Waals surface area contributed by atoms with Crippen LogP contribution in [-0.4, -0.2) is 43.0 Å². The summed E-state index contributed by atoms with van der Waals surface area (Å²) in [4.78, 5) is 16.7. The molecule has 3 rings (SSSR count). The number of nitrogens with zero attached hydrogens (tertiary/aromatic N) is 2. The van der Waals surface area contributed by atoms with Crippen molar-refractivity contribution in [3.8, 4) is 11.6 Å². The molecule has 1 aromatic carbocycles. The third kappa shape index (κ3) is 5.08. The van der Waals surface area contributed by atoms with Crippen molar-refractivity contribution in [2.75, 3.05) is 24.7 Å². The molecule has 2 aromatic rings. The van der Waals surface area contributed by atoms with E-state index >= 15 is 0 Å². The molecule has 1 aromatic heterocycles. The lowest BCUT2D eigenvalue weighted by Crippen LogP contribution is -2.43. The van der Waals surface area contributed by atoms with Gasteiger partial charge in [-0.3, -0.25) is 4.79 Å². The van der Waals surface area contributed by atoms with Gasteiger partial charge >= 0.3 is 0 Å². The minimum Gasteiger partial charge on any atom is -0.439 e. The predicted molar refractivity (Wildman–Crippen MR) is 108 cm³/mol. The second-order valence-corrected chi connectivity index (χ2v) is 9.17. The van der Waals surface area contributed by atoms with Crippen molar-refractivity contribution in [3.63, 3.8) is 0 Å². The highest BCUT2D eigenvalue weighted by atomic mass is 32.2. The lowest BCUT2D eigenvalue weighted by Gasteiger charge is -2.30. The highest BCUT2D eigenvalue weighted by Crippen LogP contribution is 2.24. The number of hydrogen-bond donors (Lipinski definition) is 1. The van der Waals surface area contributed by atoms with E-state index in [2.05, 4.69) is 10.3 Å². The molecule has 1 N–H and O–H groups in total. The van der Waals surface area contributed by atoms with Gasteiger partial charge in [0.1, 0.15) is 5.75 Å². The third-order valence-corrected chi connectivity index (χ3v) is 6.20. The van der Waals surface area contributed by atoms with Crippen LogP contribution >= 0.6 is 0 Å². The van der Waals surface area contributed by atoms with Gasteiger partial charge in [0.2, 0.25) is 21.8 Å². The minimum atomic E-state index is -3.28. The van der Waals surface area contributed by atoms with E-state index < -0.39 is 10.0 Å². The van der Waals surface area contributed by atoms with Gasteiger partial charge in [-0.1, -0.05) is 6.07 Å². The zero-order valence-electron chi connectivity index (χ0n) is 16.3. The fourth-order valence-corrected chi connectivity index (χ4v) is 4.03. The Balaban J connectivity index is 1.60. The molecule has 28 heavy (non-hydrogen) atoms. The molecule has 0 saturated carbocycles. The summed E-state index contributed by atoms with van der Waals surface area (Å²) in [6.07, 6.45) is 4.04. The summed E-state index contributed by atoms with van der Waals surface area (Å²) in [7, 11) is -3.28. The second kappa shape index (κ2) is 8.28. The summed E-state index contributed by atoms with van der Waals surface area (Å²) in [5.74, 6) is 0.575. The number of carbonyl (C=O) groups excluding carboxylic acids is 1. The highest BCUT2D eigenvalue weighted by molar-refractivity contribution is 7.88. The number of amides is 1. The standard InChI is InChI=1S/C20H25N3O4S/c1-14-6-8-18(11-15(14)2)27-19-9-7-17(12-21-19)22-20(24)16-5-4-10-23(13-16)28(3,25)26/h6-9,11-12,16H,4-5,10,13H2,1-3H3,(H,22,24)/t16-/m1/s1. The van der Waals surface area contributed by atoms with Gasteiger partial charge < -0.3 is 10.1 Å². The van der Waals surface area contributed by atoms with E-state index in [9.17, 15) is 13.2 Å². The van der Waals surface area contributed by atoms with Crippen LogP contribution in [0.15, 0.2) is 36.5 Å². The van der Waals surface area contributed by atoms with E-state index in [0.717, 1.165) is 5.56 Å². The maximum absolute atomic E-state index is 12.5. The van der Waals surface area contributed by atoms with Crippen LogP contribution in [0.1, 0.15) is 24.0 Å². The van der Waals surface area contributed by atoms with Crippen LogP contribution in [-0.2, 0) is 14.8 Å². The zero-order chi connectivity index (χ0) is 20.3. The Morgan fingerprint density at radius 3 is 2.64 bits per heavy atom. The van der Waals surface area contributed by atoms with Gasteiger partial charge in [-0.15, -0.1) is 0 Å². The maximum Gasteiger partial charge on any atom is 0.228 e. The Hall–Kier alpha value is -2.45. The SMILES string of the molecule is Cc1ccc(Oc2ccc(NC(=O)[C@@H]3CCCN(S(C)(=O)=O)C3)cn2)cc1C. The summed E-state index contributed by atoms with van der Waals surface area (Å²) in [5, 5.41) is 2.81. The van der Waals surface area contributed by atoms with Gasteiger partial charge in [0.25, 0.3) is 0 Å². The van der Waals surface area contributed by atoms with E-state index in [1.54, 1.807) is 12.1 Å². The molecule has 0 bridgehead atoms. The molecule has 0 aliphatic carbocycles. The summed E-state index contributed by atoms with van der Waals surface area (Å²) in [5.41, 5.74) is 2.88. The quantitative estimate of drug-likeness (QED) is 0.829. The second-order valence-electron chi connectivity index (χ2n) is 7.18. The van der Waals surface area contributed by atoms with Crippen LogP contribution in [0, 0.1) is 19.8 Å². The van der Waals surface area contributed by atoms with Gasteiger partial charge in [-0.25, -0.2) is 17.7 Å². The van der Waals surface area contributed by atoms with E-state index in [-0.39, 0.29) is 18.4 Å². The molecule has 1 atom stereocenters. The molecule has 8 heteroatoms. The number of anilines is 1. The van der Waals surface area contributed by atoms with Crippen LogP contribution in [0.3, 0.4) is 0 Å². The van der Waals surface area contributed by atoms with E-state index in [1.165, 1.54) is 22.3 Å². The number of aryl methyl sites for hydroxylation is 2. The number of pyridine rings is 1. The van der Waals surface area contributed by atoms with Crippen LogP contribution in [0.25, 0.3) is 0 Å². The van der Waals surface area contributed by atoms with Crippen molar-refractivity contribution in [1.29, 1.82) is 0 Å². The smallest absolute Gasteiger partial charge is 0.228 e. The summed E-state index contributed by atoms with van der Waals surface area (Å²) in [6, 6.07) is 9.23. The molecular formula is C20H25N3O4S. The van der Waals surface area contributed by atoms with Crippen molar-refractivity contribution >= 4 is 21.6 Å². The van der Waals surface area contributed by atoms with Gasteiger partial charge in [-0.2, -0.15) is 0 Å². The van der Waals surface area contributed by atoms with Gasteiger partial charge in [-0.05, 0) is 56.0 Å². The van der Waals surface area contributed by atoms with Gasteiger partial charge in [0, 0.05) is 19.2 Å². The first kappa shape index (κ1) is 20.3. The molecule has 150 valence electrons. The van der Waals surface area contributed by atoms with E-state index in [4.69, 9.17) is 4.74 Å². The molecule has 1 saturated heterocycles. The summed E-state index contributed by atoms with van der Waals surface area (Å²) in [6.45, 7) is 4.74. The lowest BCUT2D eigenvalue weighted by atomic mass is 9.99. The number of sulfonamides is 1. The van der Waals surface area contributed by atoms with Gasteiger partial charge in [0.05, 0.1) is 24.1 Å². The third-order valence-electron chi connectivity index (χ3n) is 4.93. The van der Waals surface area contributed by atoms with Crippen LogP contribution < -0.4 is 10.1 Å². The molecule has 0 radical (unpaired) electrons. The number of hydrogen-bond acceptors (Lipinski definition) is 5. The molecule has 1 aliphatic rings. The lowest BCUT2D eigenvalue weighted by molar-refractivity contribution is -0.120. The number of nitrogens with one attached hydrogen (secondary N) is 1. The number of benzene rings is 1. The first-order valence-electron chi connectivity index (χ1n) is 9.19. The first-order chi connectivity index (χ1) is 13.2. The average molecular weight is 404 g/mol. The largest absolute Gasteiger partial charge is 0.439 e. The molecular weight excluding hydrogens is 378 g/mol. The van der Waals surface area contributed by atoms with Crippen LogP contribution in [0.4, 0.5) is 5.69 Å². The fourth-order valence-electron chi connectivity index (χ4n) is 3.11. The Kier molecular flexibility index (Phi) is 6.00. The molecule has 2 heterocycles. The predicted octanol–water partition coefficient (Wildman–Crippen LogP) is 3.10. The zero-order valence-corrected chi connectivity index (χ0v) is 17.1. The minimum absolute atomic E-state index is 0.196. The molecule has 0 spiro atoms. The molecule has 0 unspecified atom stereocenters. The highest BCUT2D eigenvalue weighted by Gasteiger charge is 2.30. The molecule has 7 nitrogen and oxygen atoms in total. The van der Waals surface area contributed by atoms with Crippen molar-refractivity contribution in [1.82, 2.24) is 9.29 Å². The number of rotatable bonds is 5. The Bertz CT molecular complexity index is 958. The van der Waals surface area contributed by atoms with Crippen molar-refractivity contribution < 1.29 is 17.9 Å². The average Bonchev–Trinajstić information content (AvgIpc) is 2.66. The summed E-state index contributed by atoms with van der Waals surface area (Å²) < 4.78 is 30.5. The Morgan fingerprint density at radius 2 is 2.00 bits per heavy atom. The topological polar surface area (TPSA) is 88.6 Å². The van der Waals surface area contributed by atoms with Crippen LogP contribution in [0.2, 0.25) is 0 Å². The molecule has 1 aliphatic heterocycles. The van der Waals surface area contributed by atoms with Crippen LogP contribution in [0.5, 0.6) is 11.6 Å². The first-order valence-corrected chi connectivity index (χ1v) is 11.0.